The van der Waals surface area contributed by atoms with E-state index in [1.165, 1.54) is 0 Å². The molecule has 2 aromatic heterocycles. The molecule has 0 amide bonds. The minimum absolute atomic E-state index is 0.0264. The molecule has 0 aliphatic carbocycles. The standard InChI is InChI=1S/C13H18N4O/c1-3-17-12(7-10(2)15-17)9-16-6-4-5-11(8-14)13(16)18/h4-7H,3,8-9,14H2,1-2H3. The molecule has 0 spiro atoms. The normalized spacial score (nSPS) is 10.8. The first-order valence-corrected chi connectivity index (χ1v) is 6.07. The lowest BCUT2D eigenvalue weighted by Crippen LogP contribution is -2.25. The van der Waals surface area contributed by atoms with Crippen molar-refractivity contribution in [2.75, 3.05) is 0 Å². The summed E-state index contributed by atoms with van der Waals surface area (Å²) in [6, 6.07) is 5.62. The fourth-order valence-corrected chi connectivity index (χ4v) is 2.04. The van der Waals surface area contributed by atoms with Gasteiger partial charge >= 0.3 is 0 Å². The van der Waals surface area contributed by atoms with Gasteiger partial charge < -0.3 is 10.3 Å². The van der Waals surface area contributed by atoms with Crippen molar-refractivity contribution in [3.05, 3.63) is 51.7 Å². The van der Waals surface area contributed by atoms with Gasteiger partial charge in [0, 0.05) is 24.8 Å². The molecule has 5 nitrogen and oxygen atoms in total. The number of pyridine rings is 1. The summed E-state index contributed by atoms with van der Waals surface area (Å²) in [5, 5.41) is 4.37. The average Bonchev–Trinajstić information content (AvgIpc) is 2.72. The third-order valence-corrected chi connectivity index (χ3v) is 2.94. The quantitative estimate of drug-likeness (QED) is 0.871. The van der Waals surface area contributed by atoms with E-state index in [0.29, 0.717) is 12.1 Å². The Morgan fingerprint density at radius 3 is 2.89 bits per heavy atom. The van der Waals surface area contributed by atoms with Gasteiger partial charge in [-0.05, 0) is 26.0 Å². The second-order valence-corrected chi connectivity index (χ2v) is 4.26. The second kappa shape index (κ2) is 5.18. The van der Waals surface area contributed by atoms with E-state index in [2.05, 4.69) is 5.10 Å². The van der Waals surface area contributed by atoms with Crippen LogP contribution >= 0.6 is 0 Å². The van der Waals surface area contributed by atoms with Crippen LogP contribution < -0.4 is 11.3 Å². The molecule has 2 aromatic rings. The summed E-state index contributed by atoms with van der Waals surface area (Å²) in [6.45, 7) is 5.59. The third kappa shape index (κ3) is 2.36. The predicted octanol–water partition coefficient (Wildman–Crippen LogP) is 0.880. The van der Waals surface area contributed by atoms with Gasteiger partial charge in [0.25, 0.3) is 5.56 Å². The highest BCUT2D eigenvalue weighted by Crippen LogP contribution is 2.05. The Kier molecular flexibility index (Phi) is 3.62. The van der Waals surface area contributed by atoms with Gasteiger partial charge in [-0.25, -0.2) is 0 Å². The van der Waals surface area contributed by atoms with Crippen LogP contribution in [-0.2, 0) is 19.6 Å². The maximum absolute atomic E-state index is 12.1. The highest BCUT2D eigenvalue weighted by Gasteiger charge is 2.07. The lowest BCUT2D eigenvalue weighted by Gasteiger charge is -2.08. The Labute approximate surface area is 106 Å². The van der Waals surface area contributed by atoms with Gasteiger partial charge in [0.15, 0.2) is 0 Å². The minimum Gasteiger partial charge on any atom is -0.326 e. The van der Waals surface area contributed by atoms with Crippen LogP contribution in [0.2, 0.25) is 0 Å². The molecule has 0 aromatic carbocycles. The van der Waals surface area contributed by atoms with E-state index in [9.17, 15) is 4.79 Å². The van der Waals surface area contributed by atoms with Crippen molar-refractivity contribution in [3.63, 3.8) is 0 Å². The highest BCUT2D eigenvalue weighted by atomic mass is 16.1. The van der Waals surface area contributed by atoms with Gasteiger partial charge in [0.1, 0.15) is 0 Å². The van der Waals surface area contributed by atoms with Crippen molar-refractivity contribution in [2.24, 2.45) is 5.73 Å². The lowest BCUT2D eigenvalue weighted by molar-refractivity contribution is 0.590. The average molecular weight is 246 g/mol. The van der Waals surface area contributed by atoms with Gasteiger partial charge in [-0.2, -0.15) is 5.10 Å². The fourth-order valence-electron chi connectivity index (χ4n) is 2.04. The van der Waals surface area contributed by atoms with Gasteiger partial charge in [-0.15, -0.1) is 0 Å². The molecule has 2 heterocycles. The van der Waals surface area contributed by atoms with Crippen LogP contribution in [0.5, 0.6) is 0 Å². The molecule has 0 atom stereocenters. The zero-order valence-corrected chi connectivity index (χ0v) is 10.8. The summed E-state index contributed by atoms with van der Waals surface area (Å²) < 4.78 is 3.59. The van der Waals surface area contributed by atoms with E-state index in [-0.39, 0.29) is 12.1 Å². The van der Waals surface area contributed by atoms with Crippen LogP contribution in [0.1, 0.15) is 23.9 Å². The van der Waals surface area contributed by atoms with Crippen LogP contribution in [0, 0.1) is 6.92 Å². The van der Waals surface area contributed by atoms with Crippen molar-refractivity contribution in [3.8, 4) is 0 Å². The molecule has 0 aliphatic heterocycles. The summed E-state index contributed by atoms with van der Waals surface area (Å²) in [4.78, 5) is 12.1. The summed E-state index contributed by atoms with van der Waals surface area (Å²) >= 11 is 0. The van der Waals surface area contributed by atoms with Gasteiger partial charge in [-0.3, -0.25) is 9.48 Å². The second-order valence-electron chi connectivity index (χ2n) is 4.26. The molecule has 0 bridgehead atoms. The smallest absolute Gasteiger partial charge is 0.255 e. The maximum Gasteiger partial charge on any atom is 0.255 e. The minimum atomic E-state index is -0.0264. The maximum atomic E-state index is 12.1. The zero-order valence-electron chi connectivity index (χ0n) is 10.8. The topological polar surface area (TPSA) is 65.8 Å². The highest BCUT2D eigenvalue weighted by molar-refractivity contribution is 5.13. The molecular weight excluding hydrogens is 228 g/mol. The van der Waals surface area contributed by atoms with Crippen LogP contribution in [0.25, 0.3) is 0 Å². The fraction of sp³-hybridized carbons (Fsp3) is 0.385. The van der Waals surface area contributed by atoms with E-state index in [1.807, 2.05) is 30.7 Å². The van der Waals surface area contributed by atoms with E-state index in [0.717, 1.165) is 17.9 Å². The molecule has 0 unspecified atom stereocenters. The predicted molar refractivity (Wildman–Crippen MR) is 70.3 cm³/mol. The van der Waals surface area contributed by atoms with Crippen molar-refractivity contribution >= 4 is 0 Å². The first-order chi connectivity index (χ1) is 8.65. The third-order valence-electron chi connectivity index (χ3n) is 2.94. The van der Waals surface area contributed by atoms with Crippen molar-refractivity contribution in [2.45, 2.75) is 33.5 Å². The number of nitrogens with two attached hydrogens (primary N) is 1. The molecule has 18 heavy (non-hydrogen) atoms. The summed E-state index contributed by atoms with van der Waals surface area (Å²) in [5.41, 5.74) is 8.15. The summed E-state index contributed by atoms with van der Waals surface area (Å²) in [5.74, 6) is 0. The van der Waals surface area contributed by atoms with Gasteiger partial charge in [0.05, 0.1) is 17.9 Å². The molecule has 0 saturated carbocycles. The zero-order chi connectivity index (χ0) is 13.1. The van der Waals surface area contributed by atoms with E-state index < -0.39 is 0 Å². The molecule has 2 N–H and O–H groups in total. The lowest BCUT2D eigenvalue weighted by atomic mass is 10.2. The molecule has 2 rings (SSSR count). The summed E-state index contributed by atoms with van der Waals surface area (Å²) in [7, 11) is 0. The van der Waals surface area contributed by atoms with Crippen LogP contribution in [0.4, 0.5) is 0 Å². The van der Waals surface area contributed by atoms with Crippen LogP contribution in [0.15, 0.2) is 29.2 Å². The Bertz CT molecular complexity index is 597. The van der Waals surface area contributed by atoms with Crippen LogP contribution in [-0.4, -0.2) is 14.3 Å². The van der Waals surface area contributed by atoms with Crippen molar-refractivity contribution in [1.82, 2.24) is 14.3 Å². The number of rotatable bonds is 4. The molecule has 0 aliphatic rings. The monoisotopic (exact) mass is 246 g/mol. The Morgan fingerprint density at radius 2 is 2.22 bits per heavy atom. The Hall–Kier alpha value is -1.88. The number of nitrogens with zero attached hydrogens (tertiary/aromatic N) is 3. The first kappa shape index (κ1) is 12.6. The van der Waals surface area contributed by atoms with Crippen molar-refractivity contribution in [1.29, 1.82) is 0 Å². The summed E-state index contributed by atoms with van der Waals surface area (Å²) in [6.07, 6.45) is 1.78. The molecule has 0 saturated heterocycles. The molecular formula is C13H18N4O. The SMILES string of the molecule is CCn1nc(C)cc1Cn1cccc(CN)c1=O. The molecule has 0 fully saturated rings. The largest absolute Gasteiger partial charge is 0.326 e. The number of aryl methyl sites for hydroxylation is 2. The van der Waals surface area contributed by atoms with Crippen molar-refractivity contribution < 1.29 is 0 Å². The Balaban J connectivity index is 2.37. The molecule has 5 heteroatoms. The number of hydrogen-bond donors (Lipinski definition) is 1. The molecule has 96 valence electrons. The van der Waals surface area contributed by atoms with E-state index >= 15 is 0 Å². The first-order valence-electron chi connectivity index (χ1n) is 6.07. The molecule has 0 radical (unpaired) electrons. The number of aromatic nitrogens is 3. The Morgan fingerprint density at radius 1 is 1.44 bits per heavy atom. The van der Waals surface area contributed by atoms with Gasteiger partial charge in [0.2, 0.25) is 0 Å². The van der Waals surface area contributed by atoms with E-state index in [1.54, 1.807) is 16.8 Å². The van der Waals surface area contributed by atoms with E-state index in [4.69, 9.17) is 5.73 Å². The van der Waals surface area contributed by atoms with Crippen LogP contribution in [0.3, 0.4) is 0 Å². The number of hydrogen-bond acceptors (Lipinski definition) is 3. The van der Waals surface area contributed by atoms with Gasteiger partial charge in [-0.1, -0.05) is 6.07 Å².